The molecular weight excluding hydrogens is 502 g/mol. The van der Waals surface area contributed by atoms with Gasteiger partial charge in [-0.2, -0.15) is 0 Å². The number of fused-ring (bicyclic) bond motifs is 1. The van der Waals surface area contributed by atoms with Crippen LogP contribution in [0.2, 0.25) is 5.02 Å². The minimum Gasteiger partial charge on any atom is -0.396 e. The molecule has 1 aliphatic carbocycles. The van der Waals surface area contributed by atoms with Crippen LogP contribution in [0.25, 0.3) is 0 Å². The summed E-state index contributed by atoms with van der Waals surface area (Å²) in [6.45, 7) is 2.48. The number of aliphatic hydroxyl groups excluding tert-OH is 1. The number of benzene rings is 2. The van der Waals surface area contributed by atoms with Crippen molar-refractivity contribution < 1.29 is 18.7 Å². The monoisotopic (exact) mass is 530 g/mol. The quantitative estimate of drug-likeness (QED) is 0.446. The van der Waals surface area contributed by atoms with Crippen molar-refractivity contribution in [1.82, 2.24) is 19.6 Å². The molecule has 1 saturated carbocycles. The third-order valence-electron chi connectivity index (χ3n) is 7.18. The lowest BCUT2D eigenvalue weighted by Gasteiger charge is -2.27. The zero-order chi connectivity index (χ0) is 26.1. The Hall–Kier alpha value is -3.01. The summed E-state index contributed by atoms with van der Waals surface area (Å²) in [5.74, 6) is -1.41. The van der Waals surface area contributed by atoms with Crippen molar-refractivity contribution in [2.75, 3.05) is 19.7 Å². The fraction of sp³-hybridized carbons (Fsp3) is 0.407. The summed E-state index contributed by atoms with van der Waals surface area (Å²) in [6, 6.07) is 10.8. The van der Waals surface area contributed by atoms with Gasteiger partial charge in [0, 0.05) is 61.9 Å². The predicted molar refractivity (Wildman–Crippen MR) is 135 cm³/mol. The van der Waals surface area contributed by atoms with Gasteiger partial charge in [0.25, 0.3) is 5.56 Å². The first-order valence-electron chi connectivity index (χ1n) is 12.4. The highest BCUT2D eigenvalue weighted by molar-refractivity contribution is 6.30. The molecule has 1 fully saturated rings. The number of halogens is 3. The molecule has 2 N–H and O–H groups in total. The second kappa shape index (κ2) is 10.8. The lowest BCUT2D eigenvalue weighted by molar-refractivity contribution is -0.122. The van der Waals surface area contributed by atoms with Crippen molar-refractivity contribution in [3.63, 3.8) is 0 Å². The van der Waals surface area contributed by atoms with Crippen molar-refractivity contribution >= 4 is 17.5 Å². The highest BCUT2D eigenvalue weighted by Gasteiger charge is 2.42. The van der Waals surface area contributed by atoms with Crippen molar-refractivity contribution in [1.29, 1.82) is 0 Å². The van der Waals surface area contributed by atoms with Crippen LogP contribution in [-0.4, -0.2) is 45.0 Å². The number of aromatic nitrogens is 2. The lowest BCUT2D eigenvalue weighted by Crippen LogP contribution is -2.33. The molecule has 2 unspecified atom stereocenters. The van der Waals surface area contributed by atoms with Crippen molar-refractivity contribution in [2.45, 2.75) is 39.0 Å². The molecule has 1 aromatic heterocycles. The van der Waals surface area contributed by atoms with Gasteiger partial charge in [-0.15, -0.1) is 0 Å². The van der Waals surface area contributed by atoms with Crippen molar-refractivity contribution in [3.05, 3.63) is 91.9 Å². The topological polar surface area (TPSA) is 79.5 Å². The van der Waals surface area contributed by atoms with Crippen LogP contribution >= 0.6 is 11.6 Å². The number of hydrogen-bond donors (Lipinski definition) is 2. The summed E-state index contributed by atoms with van der Waals surface area (Å²) < 4.78 is 31.0. The molecule has 0 spiro atoms. The summed E-state index contributed by atoms with van der Waals surface area (Å²) >= 11 is 6.03. The van der Waals surface area contributed by atoms with E-state index >= 15 is 0 Å². The van der Waals surface area contributed by atoms with Crippen LogP contribution in [0.15, 0.2) is 47.3 Å². The Labute approximate surface area is 218 Å². The molecule has 1 amide bonds. The zero-order valence-electron chi connectivity index (χ0n) is 20.3. The predicted octanol–water partition coefficient (Wildman–Crippen LogP) is 2.93. The Balaban J connectivity index is 1.36. The van der Waals surface area contributed by atoms with Gasteiger partial charge >= 0.3 is 0 Å². The number of nitrogens with one attached hydrogen (secondary N) is 1. The standard InChI is InChI=1S/C27H29ClF2N4O3/c28-20-3-1-17(2-4-20)14-34-27(37)24-15-32(13-18-9-21(29)12-22(30)10-18)7-5-25(24)33(34)8-6-31-26(36)23-11-19(23)16-35/h1-4,9-10,12,19,23,35H,5-8,11,13-16H2,(H,31,36). The average molecular weight is 531 g/mol. The first-order valence-corrected chi connectivity index (χ1v) is 12.8. The first-order chi connectivity index (χ1) is 17.8. The van der Waals surface area contributed by atoms with Gasteiger partial charge in [-0.1, -0.05) is 23.7 Å². The Kier molecular flexibility index (Phi) is 7.46. The average Bonchev–Trinajstić information content (AvgIpc) is 3.61. The summed E-state index contributed by atoms with van der Waals surface area (Å²) in [7, 11) is 0. The van der Waals surface area contributed by atoms with E-state index in [0.717, 1.165) is 17.3 Å². The molecule has 2 aromatic carbocycles. The molecule has 2 heterocycles. The summed E-state index contributed by atoms with van der Waals surface area (Å²) in [4.78, 5) is 27.9. The van der Waals surface area contributed by atoms with Crippen LogP contribution in [-0.2, 0) is 37.4 Å². The highest BCUT2D eigenvalue weighted by atomic mass is 35.5. The molecule has 7 nitrogen and oxygen atoms in total. The third-order valence-corrected chi connectivity index (χ3v) is 7.43. The molecule has 2 aliphatic rings. The lowest BCUT2D eigenvalue weighted by atomic mass is 10.1. The minimum atomic E-state index is -0.622. The van der Waals surface area contributed by atoms with E-state index in [1.165, 1.54) is 12.1 Å². The number of carbonyl (C=O) groups is 1. The van der Waals surface area contributed by atoms with Gasteiger partial charge in [0.1, 0.15) is 11.6 Å². The van der Waals surface area contributed by atoms with Gasteiger partial charge in [0.15, 0.2) is 0 Å². The van der Waals surface area contributed by atoms with Crippen LogP contribution in [0, 0.1) is 23.5 Å². The van der Waals surface area contributed by atoms with E-state index < -0.39 is 11.6 Å². The number of nitrogens with zero attached hydrogens (tertiary/aromatic N) is 3. The van der Waals surface area contributed by atoms with Crippen molar-refractivity contribution in [2.24, 2.45) is 11.8 Å². The Morgan fingerprint density at radius 2 is 1.78 bits per heavy atom. The SMILES string of the molecule is O=C(NCCn1c2c(c(=O)n1Cc1ccc(Cl)cc1)CN(Cc1cc(F)cc(F)c1)CC2)C1CC1CO. The van der Waals surface area contributed by atoms with Gasteiger partial charge in [-0.05, 0) is 47.7 Å². The highest BCUT2D eigenvalue weighted by Crippen LogP contribution is 2.37. The van der Waals surface area contributed by atoms with E-state index in [2.05, 4.69) is 5.32 Å². The molecule has 37 heavy (non-hydrogen) atoms. The number of rotatable bonds is 9. The van der Waals surface area contributed by atoms with Gasteiger partial charge in [0.05, 0.1) is 18.7 Å². The summed E-state index contributed by atoms with van der Waals surface area (Å²) in [5.41, 5.74) is 2.89. The molecule has 0 saturated heterocycles. The smallest absolute Gasteiger partial charge is 0.271 e. The zero-order valence-corrected chi connectivity index (χ0v) is 21.1. The van der Waals surface area contributed by atoms with Crippen LogP contribution in [0.3, 0.4) is 0 Å². The van der Waals surface area contributed by atoms with Crippen LogP contribution < -0.4 is 10.9 Å². The molecule has 10 heteroatoms. The number of carbonyl (C=O) groups excluding carboxylic acids is 1. The Morgan fingerprint density at radius 1 is 1.05 bits per heavy atom. The second-order valence-electron chi connectivity index (χ2n) is 9.85. The van der Waals surface area contributed by atoms with Gasteiger partial charge in [-0.3, -0.25) is 19.2 Å². The largest absolute Gasteiger partial charge is 0.396 e. The van der Waals surface area contributed by atoms with Gasteiger partial charge in [0.2, 0.25) is 5.91 Å². The molecule has 196 valence electrons. The second-order valence-corrected chi connectivity index (χ2v) is 10.3. The molecule has 3 aromatic rings. The van der Waals surface area contributed by atoms with E-state index in [4.69, 9.17) is 11.6 Å². The summed E-state index contributed by atoms with van der Waals surface area (Å²) in [5, 5.41) is 12.8. The van der Waals surface area contributed by atoms with Crippen LogP contribution in [0.5, 0.6) is 0 Å². The van der Waals surface area contributed by atoms with Gasteiger partial charge < -0.3 is 10.4 Å². The first kappa shape index (κ1) is 25.6. The fourth-order valence-corrected chi connectivity index (χ4v) is 5.28. The Bertz CT molecular complexity index is 1330. The maximum atomic E-state index is 13.7. The molecule has 0 bridgehead atoms. The Morgan fingerprint density at radius 3 is 2.46 bits per heavy atom. The van der Waals surface area contributed by atoms with E-state index in [0.29, 0.717) is 68.3 Å². The van der Waals surface area contributed by atoms with E-state index in [1.807, 2.05) is 21.7 Å². The normalized spacial score (nSPS) is 19.0. The minimum absolute atomic E-state index is 0.0165. The molecular formula is C27H29ClF2N4O3. The fourth-order valence-electron chi connectivity index (χ4n) is 5.15. The van der Waals surface area contributed by atoms with E-state index in [9.17, 15) is 23.5 Å². The number of hydrogen-bond acceptors (Lipinski definition) is 4. The van der Waals surface area contributed by atoms with Crippen molar-refractivity contribution in [3.8, 4) is 0 Å². The van der Waals surface area contributed by atoms with Gasteiger partial charge in [-0.25, -0.2) is 13.5 Å². The molecule has 1 aliphatic heterocycles. The van der Waals surface area contributed by atoms with Crippen LogP contribution in [0.1, 0.15) is 28.8 Å². The van der Waals surface area contributed by atoms with E-state index in [-0.39, 0.29) is 29.9 Å². The maximum Gasteiger partial charge on any atom is 0.271 e. The van der Waals surface area contributed by atoms with E-state index in [1.54, 1.807) is 16.8 Å². The number of aliphatic hydroxyl groups is 1. The number of amides is 1. The maximum absolute atomic E-state index is 13.7. The summed E-state index contributed by atoms with van der Waals surface area (Å²) in [6.07, 6.45) is 1.30. The molecule has 2 atom stereocenters. The van der Waals surface area contributed by atoms with Crippen LogP contribution in [0.4, 0.5) is 8.78 Å². The third kappa shape index (κ3) is 5.79. The molecule has 0 radical (unpaired) electrons. The molecule has 5 rings (SSSR count).